The predicted octanol–water partition coefficient (Wildman–Crippen LogP) is 3.45. The Morgan fingerprint density at radius 2 is 2.00 bits per heavy atom. The summed E-state index contributed by atoms with van der Waals surface area (Å²) in [7, 11) is 0. The second kappa shape index (κ2) is 8.25. The van der Waals surface area contributed by atoms with Gasteiger partial charge >= 0.3 is 0 Å². The number of rotatable bonds is 7. The number of hydrogen-bond acceptors (Lipinski definition) is 5. The molecule has 2 aliphatic rings. The SMILES string of the molecule is O=C(NC1CC1)C1=C[C@@H](c2ccsc2)C[C@@H](OCc2ccc(CO)cc2)O1. The largest absolute Gasteiger partial charge is 0.459 e. The molecule has 1 aliphatic carbocycles. The number of carbonyl (C=O) groups is 1. The summed E-state index contributed by atoms with van der Waals surface area (Å²) in [4.78, 5) is 12.5. The van der Waals surface area contributed by atoms with Gasteiger partial charge in [-0.05, 0) is 52.4 Å². The molecule has 0 saturated heterocycles. The fourth-order valence-corrected chi connectivity index (χ4v) is 3.78. The number of carbonyl (C=O) groups excluding carboxylic acids is 1. The number of nitrogens with one attached hydrogen (secondary N) is 1. The summed E-state index contributed by atoms with van der Waals surface area (Å²) in [6.07, 6.45) is 4.19. The first-order valence-corrected chi connectivity index (χ1v) is 10.2. The lowest BCUT2D eigenvalue weighted by Gasteiger charge is -2.29. The van der Waals surface area contributed by atoms with Crippen LogP contribution in [0.1, 0.15) is 41.9 Å². The first kappa shape index (κ1) is 18.2. The monoisotopic (exact) mass is 385 g/mol. The number of aliphatic hydroxyl groups excluding tert-OH is 1. The summed E-state index contributed by atoms with van der Waals surface area (Å²) < 4.78 is 11.8. The van der Waals surface area contributed by atoms with Crippen molar-refractivity contribution in [3.63, 3.8) is 0 Å². The molecule has 5 nitrogen and oxygen atoms in total. The summed E-state index contributed by atoms with van der Waals surface area (Å²) in [5.74, 6) is 0.301. The zero-order valence-corrected chi connectivity index (χ0v) is 15.8. The molecule has 1 aromatic heterocycles. The highest BCUT2D eigenvalue weighted by atomic mass is 32.1. The van der Waals surface area contributed by atoms with Crippen LogP contribution in [0.3, 0.4) is 0 Å². The number of amides is 1. The van der Waals surface area contributed by atoms with E-state index in [1.54, 1.807) is 11.3 Å². The third-order valence-electron chi connectivity index (χ3n) is 4.81. The van der Waals surface area contributed by atoms with Gasteiger partial charge in [-0.25, -0.2) is 0 Å². The molecule has 0 radical (unpaired) electrons. The Kier molecular flexibility index (Phi) is 5.57. The summed E-state index contributed by atoms with van der Waals surface area (Å²) in [6.45, 7) is 0.420. The lowest BCUT2D eigenvalue weighted by atomic mass is 9.95. The highest BCUT2D eigenvalue weighted by Crippen LogP contribution is 2.33. The Morgan fingerprint density at radius 3 is 2.67 bits per heavy atom. The normalized spacial score (nSPS) is 22.0. The minimum absolute atomic E-state index is 0.0272. The summed E-state index contributed by atoms with van der Waals surface area (Å²) in [6, 6.07) is 9.99. The smallest absolute Gasteiger partial charge is 0.286 e. The van der Waals surface area contributed by atoms with Crippen molar-refractivity contribution in [1.29, 1.82) is 0 Å². The van der Waals surface area contributed by atoms with Gasteiger partial charge < -0.3 is 19.9 Å². The molecule has 2 aromatic rings. The molecule has 1 saturated carbocycles. The zero-order chi connectivity index (χ0) is 18.6. The van der Waals surface area contributed by atoms with E-state index in [0.29, 0.717) is 18.8 Å². The second-order valence-electron chi connectivity index (χ2n) is 7.01. The van der Waals surface area contributed by atoms with Crippen molar-refractivity contribution in [3.8, 4) is 0 Å². The molecule has 0 spiro atoms. The van der Waals surface area contributed by atoms with Gasteiger partial charge in [0.05, 0.1) is 13.2 Å². The maximum Gasteiger partial charge on any atom is 0.286 e. The van der Waals surface area contributed by atoms with Crippen LogP contribution in [0.15, 0.2) is 52.9 Å². The fraction of sp³-hybridized carbons (Fsp3) is 0.381. The minimum Gasteiger partial charge on any atom is -0.459 e. The van der Waals surface area contributed by atoms with Crippen LogP contribution in [-0.4, -0.2) is 23.3 Å². The highest BCUT2D eigenvalue weighted by molar-refractivity contribution is 7.08. The summed E-state index contributed by atoms with van der Waals surface area (Å²) in [5, 5.41) is 16.3. The molecular formula is C21H23NO4S. The second-order valence-corrected chi connectivity index (χ2v) is 7.79. The average Bonchev–Trinajstić information content (AvgIpc) is 3.34. The Labute approximate surface area is 162 Å². The van der Waals surface area contributed by atoms with Crippen molar-refractivity contribution < 1.29 is 19.4 Å². The van der Waals surface area contributed by atoms with Crippen LogP contribution < -0.4 is 5.32 Å². The molecule has 1 aromatic carbocycles. The van der Waals surface area contributed by atoms with Gasteiger partial charge in [0.1, 0.15) is 0 Å². The van der Waals surface area contributed by atoms with E-state index in [0.717, 1.165) is 24.0 Å². The molecule has 2 atom stereocenters. The maximum absolute atomic E-state index is 12.5. The highest BCUT2D eigenvalue weighted by Gasteiger charge is 2.31. The third kappa shape index (κ3) is 4.77. The van der Waals surface area contributed by atoms with E-state index < -0.39 is 6.29 Å². The summed E-state index contributed by atoms with van der Waals surface area (Å²) in [5.41, 5.74) is 3.05. The van der Waals surface area contributed by atoms with Gasteiger partial charge in [0.15, 0.2) is 5.76 Å². The van der Waals surface area contributed by atoms with Crippen LogP contribution in [0.25, 0.3) is 0 Å². The third-order valence-corrected chi connectivity index (χ3v) is 5.51. The van der Waals surface area contributed by atoms with E-state index in [4.69, 9.17) is 14.6 Å². The summed E-state index contributed by atoms with van der Waals surface area (Å²) >= 11 is 1.65. The van der Waals surface area contributed by atoms with Crippen molar-refractivity contribution in [2.24, 2.45) is 0 Å². The number of thiophene rings is 1. The van der Waals surface area contributed by atoms with E-state index in [9.17, 15) is 4.79 Å². The number of hydrogen-bond donors (Lipinski definition) is 2. The topological polar surface area (TPSA) is 67.8 Å². The lowest BCUT2D eigenvalue weighted by molar-refractivity contribution is -0.150. The van der Waals surface area contributed by atoms with Crippen molar-refractivity contribution in [2.75, 3.05) is 0 Å². The van der Waals surface area contributed by atoms with Crippen LogP contribution in [-0.2, 0) is 27.5 Å². The zero-order valence-electron chi connectivity index (χ0n) is 15.0. The number of aliphatic hydroxyl groups is 1. The number of benzene rings is 1. The Balaban J connectivity index is 1.43. The fourth-order valence-electron chi connectivity index (χ4n) is 3.05. The van der Waals surface area contributed by atoms with Gasteiger partial charge in [0.25, 0.3) is 5.91 Å². The van der Waals surface area contributed by atoms with Crippen LogP contribution in [0.5, 0.6) is 0 Å². The first-order valence-electron chi connectivity index (χ1n) is 9.23. The van der Waals surface area contributed by atoms with Gasteiger partial charge in [-0.1, -0.05) is 24.3 Å². The Hall–Kier alpha value is -2.15. The van der Waals surface area contributed by atoms with Gasteiger partial charge in [-0.3, -0.25) is 4.79 Å². The van der Waals surface area contributed by atoms with E-state index in [1.165, 1.54) is 5.56 Å². The Morgan fingerprint density at radius 1 is 1.22 bits per heavy atom. The lowest BCUT2D eigenvalue weighted by Crippen LogP contribution is -2.33. The quantitative estimate of drug-likeness (QED) is 0.766. The van der Waals surface area contributed by atoms with Gasteiger partial charge in [0, 0.05) is 18.4 Å². The number of ether oxygens (including phenoxy) is 2. The molecule has 1 fully saturated rings. The van der Waals surface area contributed by atoms with Gasteiger partial charge in [-0.2, -0.15) is 11.3 Å². The van der Waals surface area contributed by atoms with Crippen molar-refractivity contribution in [1.82, 2.24) is 5.32 Å². The van der Waals surface area contributed by atoms with Crippen molar-refractivity contribution >= 4 is 17.2 Å². The molecule has 0 bridgehead atoms. The maximum atomic E-state index is 12.5. The first-order chi connectivity index (χ1) is 13.2. The van der Waals surface area contributed by atoms with Crippen LogP contribution in [0, 0.1) is 0 Å². The molecule has 1 aliphatic heterocycles. The van der Waals surface area contributed by atoms with Crippen LogP contribution >= 0.6 is 11.3 Å². The standard InChI is InChI=1S/C21H23NO4S/c23-11-14-1-3-15(4-2-14)12-25-20-10-17(16-7-8-27-13-16)9-19(26-20)21(24)22-18-5-6-18/h1-4,7-9,13,17-18,20,23H,5-6,10-12H2,(H,22,24)/t17-,20+/m1/s1. The van der Waals surface area contributed by atoms with Crippen molar-refractivity contribution in [2.45, 2.75) is 50.7 Å². The molecule has 2 N–H and O–H groups in total. The van der Waals surface area contributed by atoms with E-state index >= 15 is 0 Å². The molecule has 2 heterocycles. The molecular weight excluding hydrogens is 362 g/mol. The molecule has 6 heteroatoms. The Bertz CT molecular complexity index is 796. The van der Waals surface area contributed by atoms with E-state index in [1.807, 2.05) is 35.7 Å². The predicted molar refractivity (Wildman–Crippen MR) is 103 cm³/mol. The molecule has 142 valence electrons. The minimum atomic E-state index is -0.475. The van der Waals surface area contributed by atoms with Crippen LogP contribution in [0.2, 0.25) is 0 Å². The van der Waals surface area contributed by atoms with Crippen molar-refractivity contribution in [3.05, 3.63) is 69.6 Å². The van der Waals surface area contributed by atoms with Gasteiger partial charge in [0.2, 0.25) is 6.29 Å². The molecule has 4 rings (SSSR count). The van der Waals surface area contributed by atoms with E-state index in [-0.39, 0.29) is 24.5 Å². The number of allylic oxidation sites excluding steroid dienone is 1. The molecule has 0 unspecified atom stereocenters. The van der Waals surface area contributed by atoms with E-state index in [2.05, 4.69) is 16.8 Å². The molecule has 1 amide bonds. The van der Waals surface area contributed by atoms with Crippen LogP contribution in [0.4, 0.5) is 0 Å². The van der Waals surface area contributed by atoms with Gasteiger partial charge in [-0.15, -0.1) is 0 Å². The average molecular weight is 385 g/mol. The molecule has 27 heavy (non-hydrogen) atoms.